The number of nitrogens with zero attached hydrogens (tertiary/aromatic N) is 1. The van der Waals surface area contributed by atoms with E-state index in [2.05, 4.69) is 16.0 Å². The van der Waals surface area contributed by atoms with Crippen LogP contribution in [0.4, 0.5) is 20.6 Å². The van der Waals surface area contributed by atoms with Gasteiger partial charge in [0.15, 0.2) is 0 Å². The fourth-order valence-corrected chi connectivity index (χ4v) is 3.11. The standard InChI is InChI=1S/C24H24FN5O3/c1-16-6-8-17(9-7-16)27-23(33)29-24(2,12-13-26)22(32)28-20-11-10-18(15-19(20)25)30-14-4-3-5-21(30)31/h3-11,13-15,26H,12H2,1-2H3,(H,28,32)(H2,27,29,33)/t24-/m0/s1. The van der Waals surface area contributed by atoms with Gasteiger partial charge in [0.05, 0.1) is 11.4 Å². The zero-order valence-electron chi connectivity index (χ0n) is 18.2. The van der Waals surface area contributed by atoms with Gasteiger partial charge in [0.1, 0.15) is 11.4 Å². The van der Waals surface area contributed by atoms with Gasteiger partial charge in [0, 0.05) is 30.4 Å². The molecule has 0 aliphatic heterocycles. The fourth-order valence-electron chi connectivity index (χ4n) is 3.11. The van der Waals surface area contributed by atoms with Crippen LogP contribution in [-0.2, 0) is 4.79 Å². The van der Waals surface area contributed by atoms with Crippen LogP contribution >= 0.6 is 0 Å². The smallest absolute Gasteiger partial charge is 0.320 e. The van der Waals surface area contributed by atoms with Crippen LogP contribution in [-0.4, -0.2) is 28.3 Å². The van der Waals surface area contributed by atoms with Crippen LogP contribution < -0.4 is 21.5 Å². The molecule has 3 aromatic rings. The number of aryl methyl sites for hydroxylation is 1. The molecule has 0 radical (unpaired) electrons. The predicted octanol–water partition coefficient (Wildman–Crippen LogP) is 3.84. The van der Waals surface area contributed by atoms with Crippen LogP contribution in [0, 0.1) is 18.2 Å². The Morgan fingerprint density at radius 2 is 1.82 bits per heavy atom. The molecule has 0 bridgehead atoms. The molecular weight excluding hydrogens is 425 g/mol. The van der Waals surface area contributed by atoms with Crippen LogP contribution in [0.2, 0.25) is 0 Å². The summed E-state index contributed by atoms with van der Waals surface area (Å²) in [5.74, 6) is -1.45. The molecule has 0 unspecified atom stereocenters. The molecular formula is C24H24FN5O3. The summed E-state index contributed by atoms with van der Waals surface area (Å²) >= 11 is 0. The molecule has 2 aromatic carbocycles. The van der Waals surface area contributed by atoms with Gasteiger partial charge >= 0.3 is 6.03 Å². The van der Waals surface area contributed by atoms with E-state index in [1.165, 1.54) is 35.9 Å². The van der Waals surface area contributed by atoms with E-state index in [0.717, 1.165) is 17.8 Å². The molecule has 0 aliphatic carbocycles. The summed E-state index contributed by atoms with van der Waals surface area (Å²) in [6, 6.07) is 15.0. The Kier molecular flexibility index (Phi) is 7.02. The summed E-state index contributed by atoms with van der Waals surface area (Å²) in [6.45, 7) is 3.36. The number of nitrogens with one attached hydrogen (secondary N) is 4. The van der Waals surface area contributed by atoms with Crippen molar-refractivity contribution < 1.29 is 14.0 Å². The zero-order chi connectivity index (χ0) is 24.0. The number of aromatic nitrogens is 1. The number of benzene rings is 2. The number of carbonyl (C=O) groups excluding carboxylic acids is 2. The number of rotatable bonds is 7. The first-order valence-corrected chi connectivity index (χ1v) is 10.2. The molecule has 9 heteroatoms. The minimum Gasteiger partial charge on any atom is -0.323 e. The number of anilines is 2. The normalized spacial score (nSPS) is 12.3. The van der Waals surface area contributed by atoms with Crippen molar-refractivity contribution in [3.8, 4) is 5.69 Å². The van der Waals surface area contributed by atoms with Crippen molar-refractivity contribution in [1.29, 1.82) is 5.41 Å². The number of hydrogen-bond acceptors (Lipinski definition) is 4. The Morgan fingerprint density at radius 1 is 1.09 bits per heavy atom. The number of carbonyl (C=O) groups is 2. The van der Waals surface area contributed by atoms with Gasteiger partial charge in [-0.1, -0.05) is 23.8 Å². The summed E-state index contributed by atoms with van der Waals surface area (Å²) < 4.78 is 16.0. The van der Waals surface area contributed by atoms with E-state index in [9.17, 15) is 18.8 Å². The van der Waals surface area contributed by atoms with Gasteiger partial charge in [-0.15, -0.1) is 0 Å². The number of pyridine rings is 1. The van der Waals surface area contributed by atoms with Gasteiger partial charge in [-0.2, -0.15) is 0 Å². The van der Waals surface area contributed by atoms with Crippen molar-refractivity contribution in [1.82, 2.24) is 9.88 Å². The van der Waals surface area contributed by atoms with E-state index < -0.39 is 23.3 Å². The van der Waals surface area contributed by atoms with Crippen LogP contribution in [0.5, 0.6) is 0 Å². The lowest BCUT2D eigenvalue weighted by molar-refractivity contribution is -0.121. The Hall–Kier alpha value is -4.27. The molecule has 1 heterocycles. The SMILES string of the molecule is Cc1ccc(NC(=O)N[C@@](C)(CC=N)C(=O)Nc2ccc(-n3ccccc3=O)cc2F)cc1. The lowest BCUT2D eigenvalue weighted by Crippen LogP contribution is -2.56. The van der Waals surface area contributed by atoms with Crippen molar-refractivity contribution >= 4 is 29.5 Å². The van der Waals surface area contributed by atoms with Gasteiger partial charge in [0.25, 0.3) is 5.56 Å². The molecule has 3 amide bonds. The van der Waals surface area contributed by atoms with Gasteiger partial charge in [-0.25, -0.2) is 9.18 Å². The van der Waals surface area contributed by atoms with E-state index in [1.54, 1.807) is 24.3 Å². The maximum atomic E-state index is 14.7. The van der Waals surface area contributed by atoms with Crippen molar-refractivity contribution in [3.63, 3.8) is 0 Å². The Morgan fingerprint density at radius 3 is 2.45 bits per heavy atom. The lowest BCUT2D eigenvalue weighted by Gasteiger charge is -2.28. The second-order valence-electron chi connectivity index (χ2n) is 7.71. The number of urea groups is 1. The first-order valence-electron chi connectivity index (χ1n) is 10.2. The third kappa shape index (κ3) is 5.70. The van der Waals surface area contributed by atoms with Crippen molar-refractivity contribution in [2.75, 3.05) is 10.6 Å². The van der Waals surface area contributed by atoms with E-state index in [1.807, 2.05) is 19.1 Å². The monoisotopic (exact) mass is 449 g/mol. The van der Waals surface area contributed by atoms with Crippen LogP contribution in [0.3, 0.4) is 0 Å². The van der Waals surface area contributed by atoms with Gasteiger partial charge in [-0.3, -0.25) is 14.2 Å². The minimum atomic E-state index is -1.52. The molecule has 1 aromatic heterocycles. The highest BCUT2D eigenvalue weighted by atomic mass is 19.1. The number of amides is 3. The topological polar surface area (TPSA) is 116 Å². The van der Waals surface area contributed by atoms with Crippen molar-refractivity contribution in [2.24, 2.45) is 0 Å². The largest absolute Gasteiger partial charge is 0.323 e. The third-order valence-corrected chi connectivity index (χ3v) is 5.01. The highest BCUT2D eigenvalue weighted by Crippen LogP contribution is 2.20. The molecule has 0 aliphatic rings. The van der Waals surface area contributed by atoms with E-state index in [0.29, 0.717) is 11.4 Å². The van der Waals surface area contributed by atoms with Crippen molar-refractivity contribution in [2.45, 2.75) is 25.8 Å². The quantitative estimate of drug-likeness (QED) is 0.411. The summed E-state index contributed by atoms with van der Waals surface area (Å²) in [7, 11) is 0. The molecule has 170 valence electrons. The van der Waals surface area contributed by atoms with Gasteiger partial charge < -0.3 is 21.4 Å². The molecule has 0 saturated carbocycles. The second-order valence-corrected chi connectivity index (χ2v) is 7.71. The molecule has 0 fully saturated rings. The van der Waals surface area contributed by atoms with E-state index >= 15 is 0 Å². The summed E-state index contributed by atoms with van der Waals surface area (Å²) in [5.41, 5.74) is -0.0970. The lowest BCUT2D eigenvalue weighted by atomic mass is 9.97. The maximum absolute atomic E-state index is 14.7. The van der Waals surface area contributed by atoms with Crippen molar-refractivity contribution in [3.05, 3.63) is 88.6 Å². The second kappa shape index (κ2) is 9.90. The third-order valence-electron chi connectivity index (χ3n) is 5.01. The average molecular weight is 449 g/mol. The molecule has 0 spiro atoms. The molecule has 3 rings (SSSR count). The Bertz CT molecular complexity index is 1240. The minimum absolute atomic E-state index is 0.112. The zero-order valence-corrected chi connectivity index (χ0v) is 18.2. The molecule has 33 heavy (non-hydrogen) atoms. The molecule has 8 nitrogen and oxygen atoms in total. The molecule has 1 atom stereocenters. The Balaban J connectivity index is 1.75. The fraction of sp³-hybridized carbons (Fsp3) is 0.167. The number of halogens is 1. The van der Waals surface area contributed by atoms with Crippen LogP contribution in [0.15, 0.2) is 71.7 Å². The molecule has 4 N–H and O–H groups in total. The highest BCUT2D eigenvalue weighted by Gasteiger charge is 2.34. The summed E-state index contributed by atoms with van der Waals surface area (Å²) in [6.07, 6.45) is 2.39. The predicted molar refractivity (Wildman–Crippen MR) is 126 cm³/mol. The molecule has 0 saturated heterocycles. The van der Waals surface area contributed by atoms with E-state index in [4.69, 9.17) is 5.41 Å². The summed E-state index contributed by atoms with van der Waals surface area (Å²) in [4.78, 5) is 37.4. The highest BCUT2D eigenvalue weighted by molar-refractivity contribution is 6.03. The summed E-state index contributed by atoms with van der Waals surface area (Å²) in [5, 5.41) is 15.1. The van der Waals surface area contributed by atoms with Gasteiger partial charge in [-0.05, 0) is 50.4 Å². The number of hydrogen-bond donors (Lipinski definition) is 4. The van der Waals surface area contributed by atoms with Crippen LogP contribution in [0.25, 0.3) is 5.69 Å². The first kappa shape index (κ1) is 23.4. The average Bonchev–Trinajstić information content (AvgIpc) is 2.77. The Labute approximate surface area is 190 Å². The van der Waals surface area contributed by atoms with Gasteiger partial charge in [0.2, 0.25) is 5.91 Å². The first-order chi connectivity index (χ1) is 15.7. The van der Waals surface area contributed by atoms with E-state index in [-0.39, 0.29) is 17.7 Å². The van der Waals surface area contributed by atoms with Crippen LogP contribution in [0.1, 0.15) is 18.9 Å². The maximum Gasteiger partial charge on any atom is 0.320 e.